The zero-order chi connectivity index (χ0) is 45.4. The van der Waals surface area contributed by atoms with Crippen LogP contribution in [0.25, 0.3) is 0 Å². The summed E-state index contributed by atoms with van der Waals surface area (Å²) >= 11 is 0. The molecule has 14 nitrogen and oxygen atoms in total. The number of aliphatic hydroxyl groups is 2. The molecule has 0 radical (unpaired) electrons. The molecule has 1 saturated carbocycles. The predicted octanol–water partition coefficient (Wildman–Crippen LogP) is 8.17. The second-order valence-corrected chi connectivity index (χ2v) is 17.7. The third-order valence-electron chi connectivity index (χ3n) is 12.3. The first-order valence-corrected chi connectivity index (χ1v) is 22.4. The molecule has 0 unspecified atom stereocenters. The molecular weight excluding hydrogens is 817 g/mol. The van der Waals surface area contributed by atoms with Gasteiger partial charge in [-0.1, -0.05) is 36.2 Å². The van der Waals surface area contributed by atoms with E-state index in [9.17, 15) is 20.3 Å². The first-order valence-electron chi connectivity index (χ1n) is 22.4. The molecular formula is C50H60N4O10. The highest BCUT2D eigenvalue weighted by Gasteiger charge is 2.65. The molecule has 64 heavy (non-hydrogen) atoms. The highest BCUT2D eigenvalue weighted by Crippen LogP contribution is 2.62. The monoisotopic (exact) mass is 876 g/mol. The Hall–Kier alpha value is -5.88. The summed E-state index contributed by atoms with van der Waals surface area (Å²) in [6, 6.07) is 18.8. The van der Waals surface area contributed by atoms with Crippen molar-refractivity contribution >= 4 is 17.7 Å². The molecule has 3 aromatic carbocycles. The molecule has 14 heteroatoms. The van der Waals surface area contributed by atoms with Gasteiger partial charge in [0.25, 0.3) is 5.91 Å². The maximum Gasteiger partial charge on any atom is 0.412 e. The number of nitrogens with zero attached hydrogens (tertiary/aromatic N) is 3. The Kier molecular flexibility index (Phi) is 14.6. The van der Waals surface area contributed by atoms with E-state index in [-0.39, 0.29) is 63.2 Å². The van der Waals surface area contributed by atoms with Crippen LogP contribution in [0.5, 0.6) is 23.0 Å². The Morgan fingerprint density at radius 1 is 1.00 bits per heavy atom. The third-order valence-corrected chi connectivity index (χ3v) is 12.3. The van der Waals surface area contributed by atoms with Crippen molar-refractivity contribution in [2.45, 2.75) is 103 Å². The molecule has 0 spiro atoms. The zero-order valence-electron chi connectivity index (χ0n) is 37.2. The Morgan fingerprint density at radius 2 is 1.73 bits per heavy atom. The quantitative estimate of drug-likeness (QED) is 0.0637. The number of hydrogen-bond acceptors (Lipinski definition) is 12. The Labute approximate surface area is 375 Å². The summed E-state index contributed by atoms with van der Waals surface area (Å²) in [6.07, 6.45) is 7.79. The van der Waals surface area contributed by atoms with Gasteiger partial charge in [0.1, 0.15) is 23.1 Å². The zero-order valence-corrected chi connectivity index (χ0v) is 37.2. The van der Waals surface area contributed by atoms with E-state index in [1.165, 1.54) is 0 Å². The maximum absolute atomic E-state index is 15.4. The fourth-order valence-corrected chi connectivity index (χ4v) is 9.60. The van der Waals surface area contributed by atoms with E-state index in [0.717, 1.165) is 42.4 Å². The number of rotatable bonds is 18. The molecule has 2 amide bonds. The van der Waals surface area contributed by atoms with Crippen molar-refractivity contribution in [1.82, 2.24) is 10.2 Å². The molecule has 2 aliphatic carbocycles. The largest absolute Gasteiger partial charge is 0.459 e. The van der Waals surface area contributed by atoms with Gasteiger partial charge >= 0.3 is 6.09 Å². The SMILES string of the molecule is C=CCO[C@@]12Oc3ccc(OC(=O)NCC)cc3[C@H]3[C@H](CCCCO)[C@@H](CCCCO)C=C(C(=NOC(C)(C)C)C[C@@H]1N(Cc1ccc4c(c1)OCO4)C(=O)c1ccc(C#N)cc1)[C@H]32. The maximum atomic E-state index is 15.4. The topological polar surface area (TPSA) is 181 Å². The Bertz CT molecular complexity index is 2260. The van der Waals surface area contributed by atoms with Gasteiger partial charge in [-0.15, -0.1) is 6.58 Å². The average molecular weight is 877 g/mol. The van der Waals surface area contributed by atoms with Crippen LogP contribution in [0.15, 0.2) is 90.1 Å². The molecule has 7 rings (SSSR count). The Morgan fingerprint density at radius 3 is 2.44 bits per heavy atom. The minimum absolute atomic E-state index is 0.00100. The van der Waals surface area contributed by atoms with Crippen molar-refractivity contribution in [2.24, 2.45) is 22.9 Å². The minimum Gasteiger partial charge on any atom is -0.459 e. The van der Waals surface area contributed by atoms with Gasteiger partial charge in [0.2, 0.25) is 12.6 Å². The van der Waals surface area contributed by atoms with E-state index in [1.807, 2.05) is 52.0 Å². The number of amides is 2. The minimum atomic E-state index is -1.55. The summed E-state index contributed by atoms with van der Waals surface area (Å²) in [4.78, 5) is 36.3. The number of nitriles is 1. The summed E-state index contributed by atoms with van der Waals surface area (Å²) in [5, 5.41) is 37.2. The van der Waals surface area contributed by atoms with Crippen molar-refractivity contribution in [2.75, 3.05) is 33.2 Å². The lowest BCUT2D eigenvalue weighted by atomic mass is 9.55. The Balaban J connectivity index is 1.49. The van der Waals surface area contributed by atoms with Crippen molar-refractivity contribution in [1.29, 1.82) is 5.26 Å². The summed E-state index contributed by atoms with van der Waals surface area (Å²) in [5.41, 5.74) is 3.21. The summed E-state index contributed by atoms with van der Waals surface area (Å²) in [7, 11) is 0. The molecule has 0 bridgehead atoms. The molecule has 2 aliphatic heterocycles. The van der Waals surface area contributed by atoms with Gasteiger partial charge in [0.05, 0.1) is 29.9 Å². The van der Waals surface area contributed by atoms with E-state index in [0.29, 0.717) is 59.2 Å². The van der Waals surface area contributed by atoms with Gasteiger partial charge in [-0.2, -0.15) is 5.26 Å². The molecule has 0 saturated heterocycles. The number of oxime groups is 1. The number of unbranched alkanes of at least 4 members (excludes halogenated alkanes) is 2. The predicted molar refractivity (Wildman–Crippen MR) is 239 cm³/mol. The number of fused-ring (bicyclic) bond motifs is 3. The van der Waals surface area contributed by atoms with Crippen LogP contribution in [0.3, 0.4) is 0 Å². The van der Waals surface area contributed by atoms with Crippen LogP contribution < -0.4 is 24.3 Å². The lowest BCUT2D eigenvalue weighted by molar-refractivity contribution is -0.255. The number of allylic oxidation sites excluding steroid dienone is 1. The van der Waals surface area contributed by atoms with E-state index in [2.05, 4.69) is 24.0 Å². The normalized spacial score (nSPS) is 23.4. The van der Waals surface area contributed by atoms with E-state index in [4.69, 9.17) is 33.7 Å². The standard InChI is InChI=1S/C50H60N4O10/c1-6-24-61-50-44(54(47(57)34-17-14-32(29-51)15-18-34)30-33-16-20-42-43(25-33)60-31-59-42)28-40(53-64-49(3,4)5)38-26-35(12-8-10-22-55)37(13-9-11-23-56)45(46(38)50)39-27-36(19-21-41(39)63-50)62-48(58)52-7-2/h6,14-21,25-27,35,37,44-46,55-56H,1,7-13,22-24,28,30-31H2,2-5H3,(H,52,58)/t35-,37+,44-,45+,46+,50+/m0/s1. The summed E-state index contributed by atoms with van der Waals surface area (Å²) < 4.78 is 31.8. The number of ether oxygens (including phenoxy) is 5. The second-order valence-electron chi connectivity index (χ2n) is 17.7. The van der Waals surface area contributed by atoms with Crippen molar-refractivity contribution in [3.63, 3.8) is 0 Å². The van der Waals surface area contributed by atoms with Crippen molar-refractivity contribution in [3.05, 3.63) is 107 Å². The number of benzene rings is 3. The molecule has 6 atom stereocenters. The number of hydrogen-bond donors (Lipinski definition) is 3. The smallest absolute Gasteiger partial charge is 0.412 e. The molecule has 1 fully saturated rings. The lowest BCUT2D eigenvalue weighted by Crippen LogP contribution is -2.70. The fourth-order valence-electron chi connectivity index (χ4n) is 9.60. The van der Waals surface area contributed by atoms with Crippen LogP contribution in [0, 0.1) is 29.1 Å². The van der Waals surface area contributed by atoms with E-state index in [1.54, 1.807) is 47.4 Å². The van der Waals surface area contributed by atoms with Crippen molar-refractivity contribution < 1.29 is 48.3 Å². The van der Waals surface area contributed by atoms with Gasteiger partial charge in [0.15, 0.2) is 11.5 Å². The van der Waals surface area contributed by atoms with E-state index < -0.39 is 29.4 Å². The summed E-state index contributed by atoms with van der Waals surface area (Å²) in [5.74, 6) is -0.841. The van der Waals surface area contributed by atoms with Crippen LogP contribution in [0.4, 0.5) is 4.79 Å². The number of nitrogens with one attached hydrogen (secondary N) is 1. The number of carbonyl (C=O) groups excluding carboxylic acids is 2. The number of aliphatic hydroxyl groups excluding tert-OH is 2. The third kappa shape index (κ3) is 9.92. The highest BCUT2D eigenvalue weighted by atomic mass is 16.7. The van der Waals surface area contributed by atoms with Crippen LogP contribution in [-0.2, 0) is 16.1 Å². The second kappa shape index (κ2) is 20.3. The van der Waals surface area contributed by atoms with Gasteiger partial charge < -0.3 is 49.0 Å². The first kappa shape index (κ1) is 46.1. The first-order chi connectivity index (χ1) is 30.9. The lowest BCUT2D eigenvalue weighted by Gasteiger charge is -2.60. The van der Waals surface area contributed by atoms with Gasteiger partial charge in [-0.3, -0.25) is 4.79 Å². The van der Waals surface area contributed by atoms with Gasteiger partial charge in [-0.05, 0) is 131 Å². The molecule has 0 aromatic heterocycles. The number of carbonyl (C=O) groups is 2. The van der Waals surface area contributed by atoms with Gasteiger partial charge in [0, 0.05) is 49.8 Å². The highest BCUT2D eigenvalue weighted by molar-refractivity contribution is 6.03. The molecule has 3 N–H and O–H groups in total. The van der Waals surface area contributed by atoms with E-state index >= 15 is 4.79 Å². The molecule has 2 heterocycles. The summed E-state index contributed by atoms with van der Waals surface area (Å²) in [6.45, 7) is 12.4. The fraction of sp³-hybridized carbons (Fsp3) is 0.480. The van der Waals surface area contributed by atoms with Crippen LogP contribution in [0.1, 0.15) is 106 Å². The van der Waals surface area contributed by atoms with Crippen LogP contribution >= 0.6 is 0 Å². The molecule has 4 aliphatic rings. The molecule has 3 aromatic rings. The van der Waals surface area contributed by atoms with Crippen LogP contribution in [0.2, 0.25) is 0 Å². The van der Waals surface area contributed by atoms with Crippen LogP contribution in [-0.4, -0.2) is 83.4 Å². The van der Waals surface area contributed by atoms with Crippen molar-refractivity contribution in [3.8, 4) is 29.1 Å². The molecule has 340 valence electrons. The van der Waals surface area contributed by atoms with Gasteiger partial charge in [-0.25, -0.2) is 4.79 Å². The average Bonchev–Trinajstić information content (AvgIpc) is 3.76.